The number of benzene rings is 2. The number of rotatable bonds is 4. The van der Waals surface area contributed by atoms with E-state index < -0.39 is 17.7 Å². The van der Waals surface area contributed by atoms with Crippen molar-refractivity contribution < 1.29 is 5.11 Å². The standard InChI is InChI=1S/C30H32N5O2/c31-20-30(28-11-5-6-14-32-28)12-15-34(16-13-30)19-21-17-26-25(23-8-2-1-7-22(21)23)18-33-29(35(26)37)24-9-3-4-10-27(24)36/h1-2,5-8,11,14,17-18,24,27,29,36H,3-4,9-10,12-13,15-16,19H2/q-1/t24-,27+,29?/m1/s1. The predicted molar refractivity (Wildman–Crippen MR) is 145 cm³/mol. The summed E-state index contributed by atoms with van der Waals surface area (Å²) < 4.78 is 0. The highest BCUT2D eigenvalue weighted by molar-refractivity contribution is 6.07. The van der Waals surface area contributed by atoms with Crippen molar-refractivity contribution in [1.82, 2.24) is 9.88 Å². The number of aliphatic hydroxyl groups is 1. The molecule has 3 heterocycles. The van der Waals surface area contributed by atoms with Gasteiger partial charge in [-0.25, -0.2) is 0 Å². The molecular formula is C30H32N5O2-. The topological polar surface area (TPSA) is 98.8 Å². The van der Waals surface area contributed by atoms with Gasteiger partial charge in [-0.3, -0.25) is 14.9 Å². The Bertz CT molecular complexity index is 1340. The van der Waals surface area contributed by atoms with Crippen LogP contribution in [-0.2, 0) is 12.0 Å². The first kappa shape index (κ1) is 24.1. The van der Waals surface area contributed by atoms with Crippen LogP contribution in [0.25, 0.3) is 10.8 Å². The van der Waals surface area contributed by atoms with Crippen LogP contribution in [0.3, 0.4) is 0 Å². The smallest absolute Gasteiger partial charge is 0.116 e. The van der Waals surface area contributed by atoms with Gasteiger partial charge in [0.05, 0.1) is 17.9 Å². The number of nitrogens with zero attached hydrogens (tertiary/aromatic N) is 5. The first-order chi connectivity index (χ1) is 18.1. The zero-order valence-corrected chi connectivity index (χ0v) is 21.0. The van der Waals surface area contributed by atoms with Crippen molar-refractivity contribution in [3.05, 3.63) is 76.8 Å². The number of aliphatic imine (C=N–C) groups is 1. The largest absolute Gasteiger partial charge is 0.757 e. The maximum Gasteiger partial charge on any atom is 0.116 e. The van der Waals surface area contributed by atoms with E-state index in [0.717, 1.165) is 84.3 Å². The number of fused-ring (bicyclic) bond motifs is 3. The molecule has 1 saturated carbocycles. The Morgan fingerprint density at radius 1 is 1.05 bits per heavy atom. The Morgan fingerprint density at radius 3 is 2.54 bits per heavy atom. The van der Waals surface area contributed by atoms with E-state index in [9.17, 15) is 15.6 Å². The van der Waals surface area contributed by atoms with Crippen LogP contribution >= 0.6 is 0 Å². The van der Waals surface area contributed by atoms with Crippen LogP contribution in [0.5, 0.6) is 0 Å². The molecule has 6 rings (SSSR count). The highest BCUT2D eigenvalue weighted by atomic mass is 16.5. The van der Waals surface area contributed by atoms with E-state index in [4.69, 9.17) is 0 Å². The fourth-order valence-electron chi connectivity index (χ4n) is 6.44. The number of hydroxylamine groups is 1. The SMILES string of the molecule is N#CC1(c2ccccn2)CCN(Cc2cc3c(c4ccccc24)C=NC([C@@H]2CCCC[C@@H]2O)N3[O-])CC1. The van der Waals surface area contributed by atoms with Crippen molar-refractivity contribution in [1.29, 1.82) is 5.26 Å². The molecular weight excluding hydrogens is 462 g/mol. The third kappa shape index (κ3) is 4.29. The van der Waals surface area contributed by atoms with E-state index >= 15 is 0 Å². The molecule has 37 heavy (non-hydrogen) atoms. The van der Waals surface area contributed by atoms with Crippen LogP contribution in [0.2, 0.25) is 0 Å². The zero-order chi connectivity index (χ0) is 25.4. The van der Waals surface area contributed by atoms with Gasteiger partial charge in [0.1, 0.15) is 11.6 Å². The summed E-state index contributed by atoms with van der Waals surface area (Å²) in [4.78, 5) is 11.5. The summed E-state index contributed by atoms with van der Waals surface area (Å²) in [6, 6.07) is 18.6. The minimum atomic E-state index is -0.582. The molecule has 0 bridgehead atoms. The number of nitriles is 1. The summed E-state index contributed by atoms with van der Waals surface area (Å²) in [5, 5.41) is 37.5. The molecule has 0 amide bonds. The van der Waals surface area contributed by atoms with Crippen LogP contribution in [0, 0.1) is 22.5 Å². The molecule has 3 aliphatic rings. The molecule has 0 spiro atoms. The summed E-state index contributed by atoms with van der Waals surface area (Å²) in [5.74, 6) is -0.140. The van der Waals surface area contributed by atoms with Gasteiger partial charge in [0.2, 0.25) is 0 Å². The van der Waals surface area contributed by atoms with Crippen LogP contribution in [-0.4, -0.2) is 46.6 Å². The minimum absolute atomic E-state index is 0.140. The molecule has 0 radical (unpaired) electrons. The molecule has 1 unspecified atom stereocenters. The van der Waals surface area contributed by atoms with E-state index in [1.165, 1.54) is 0 Å². The number of pyridine rings is 1. The molecule has 1 saturated heterocycles. The highest BCUT2D eigenvalue weighted by Crippen LogP contribution is 2.40. The van der Waals surface area contributed by atoms with Crippen LogP contribution in [0.4, 0.5) is 5.69 Å². The summed E-state index contributed by atoms with van der Waals surface area (Å²) in [7, 11) is 0. The van der Waals surface area contributed by atoms with Crippen molar-refractivity contribution in [3.8, 4) is 6.07 Å². The molecule has 2 fully saturated rings. The van der Waals surface area contributed by atoms with Crippen molar-refractivity contribution in [2.45, 2.75) is 62.8 Å². The van der Waals surface area contributed by atoms with Gasteiger partial charge in [0, 0.05) is 49.2 Å². The Balaban J connectivity index is 1.28. The van der Waals surface area contributed by atoms with Gasteiger partial charge >= 0.3 is 0 Å². The molecule has 2 aromatic carbocycles. The number of aromatic nitrogens is 1. The van der Waals surface area contributed by atoms with Crippen molar-refractivity contribution >= 4 is 22.7 Å². The molecule has 1 N–H and O–H groups in total. The third-order valence-electron chi connectivity index (χ3n) is 8.62. The molecule has 2 aliphatic heterocycles. The second-order valence-electron chi connectivity index (χ2n) is 10.7. The number of piperidine rings is 1. The maximum absolute atomic E-state index is 13.7. The maximum atomic E-state index is 13.7. The number of anilines is 1. The Hall–Kier alpha value is -3.31. The molecule has 190 valence electrons. The molecule has 7 nitrogen and oxygen atoms in total. The van der Waals surface area contributed by atoms with Gasteiger partial charge in [-0.05, 0) is 60.2 Å². The van der Waals surface area contributed by atoms with E-state index in [2.05, 4.69) is 33.1 Å². The van der Waals surface area contributed by atoms with Gasteiger partial charge in [0.25, 0.3) is 0 Å². The second kappa shape index (κ2) is 9.86. The first-order valence-electron chi connectivity index (χ1n) is 13.4. The molecule has 3 atom stereocenters. The third-order valence-corrected chi connectivity index (χ3v) is 8.62. The fraction of sp³-hybridized carbons (Fsp3) is 0.433. The van der Waals surface area contributed by atoms with Gasteiger partial charge in [-0.2, -0.15) is 5.26 Å². The van der Waals surface area contributed by atoms with Gasteiger partial charge in [-0.15, -0.1) is 0 Å². The van der Waals surface area contributed by atoms with Gasteiger partial charge in [0.15, 0.2) is 0 Å². The molecule has 7 heteroatoms. The molecule has 1 aromatic heterocycles. The summed E-state index contributed by atoms with van der Waals surface area (Å²) in [5.41, 5.74) is 2.91. The van der Waals surface area contributed by atoms with Crippen molar-refractivity contribution in [2.75, 3.05) is 18.2 Å². The number of hydrogen-bond acceptors (Lipinski definition) is 7. The van der Waals surface area contributed by atoms with E-state index in [0.29, 0.717) is 12.2 Å². The summed E-state index contributed by atoms with van der Waals surface area (Å²) in [6.07, 6.45) is 7.57. The Morgan fingerprint density at radius 2 is 1.81 bits per heavy atom. The lowest BCUT2D eigenvalue weighted by atomic mass is 9.76. The zero-order valence-electron chi connectivity index (χ0n) is 21.0. The van der Waals surface area contributed by atoms with Crippen molar-refractivity contribution in [2.24, 2.45) is 10.9 Å². The number of hydrogen-bond donors (Lipinski definition) is 1. The van der Waals surface area contributed by atoms with Crippen LogP contribution in [0.15, 0.2) is 59.7 Å². The fourth-order valence-corrected chi connectivity index (χ4v) is 6.44. The van der Waals surface area contributed by atoms with Crippen LogP contribution in [0.1, 0.15) is 55.3 Å². The van der Waals surface area contributed by atoms with Crippen molar-refractivity contribution in [3.63, 3.8) is 0 Å². The van der Waals surface area contributed by atoms with E-state index in [1.54, 1.807) is 6.20 Å². The lowest BCUT2D eigenvalue weighted by Crippen LogP contribution is -2.44. The van der Waals surface area contributed by atoms with Gasteiger partial charge < -0.3 is 15.4 Å². The monoisotopic (exact) mass is 494 g/mol. The van der Waals surface area contributed by atoms with Crippen LogP contribution < -0.4 is 5.06 Å². The Labute approximate surface area is 217 Å². The molecule has 1 aliphatic carbocycles. The Kier molecular flexibility index (Phi) is 6.41. The lowest BCUT2D eigenvalue weighted by molar-refractivity contribution is 0.0572. The minimum Gasteiger partial charge on any atom is -0.757 e. The van der Waals surface area contributed by atoms with E-state index in [-0.39, 0.29) is 5.92 Å². The molecule has 3 aromatic rings. The number of aliphatic hydroxyl groups excluding tert-OH is 1. The van der Waals surface area contributed by atoms with E-state index in [1.807, 2.05) is 42.6 Å². The first-order valence-corrected chi connectivity index (χ1v) is 13.4. The average molecular weight is 495 g/mol. The van der Waals surface area contributed by atoms with Gasteiger partial charge in [-0.1, -0.05) is 43.2 Å². The summed E-state index contributed by atoms with van der Waals surface area (Å²) >= 11 is 0. The summed E-state index contributed by atoms with van der Waals surface area (Å²) in [6.45, 7) is 2.28. The average Bonchev–Trinajstić information content (AvgIpc) is 2.95. The quantitative estimate of drug-likeness (QED) is 0.554. The second-order valence-corrected chi connectivity index (χ2v) is 10.7. The predicted octanol–water partition coefficient (Wildman–Crippen LogP) is 4.91. The highest BCUT2D eigenvalue weighted by Gasteiger charge is 2.38. The normalized spacial score (nSPS) is 25.5. The number of likely N-dealkylation sites (tertiary alicyclic amines) is 1. The lowest BCUT2D eigenvalue weighted by Gasteiger charge is -2.46.